The van der Waals surface area contributed by atoms with E-state index in [1.54, 1.807) is 0 Å². The summed E-state index contributed by atoms with van der Waals surface area (Å²) in [6, 6.07) is 6.44. The van der Waals surface area contributed by atoms with Crippen LogP contribution >= 0.6 is 0 Å². The van der Waals surface area contributed by atoms with Crippen LogP contribution < -0.4 is 0 Å². The Hall–Kier alpha value is -1.31. The van der Waals surface area contributed by atoms with E-state index in [1.165, 1.54) is 11.1 Å². The number of hydrogen-bond donors (Lipinski definition) is 1. The number of fused-ring (bicyclic) bond motifs is 1. The SMILES string of the molecule is CCc1ccc2c(c1)CCCC2=NO. The van der Waals surface area contributed by atoms with E-state index >= 15 is 0 Å². The quantitative estimate of drug-likeness (QED) is 0.534. The Labute approximate surface area is 84.3 Å². The summed E-state index contributed by atoms with van der Waals surface area (Å²) in [5, 5.41) is 12.2. The number of benzene rings is 1. The van der Waals surface area contributed by atoms with Crippen molar-refractivity contribution in [3.05, 3.63) is 34.9 Å². The van der Waals surface area contributed by atoms with Crippen molar-refractivity contribution >= 4 is 5.71 Å². The molecule has 0 saturated carbocycles. The summed E-state index contributed by atoms with van der Waals surface area (Å²) in [5.74, 6) is 0. The Bertz CT molecular complexity index is 369. The first kappa shape index (κ1) is 9.25. The van der Waals surface area contributed by atoms with Gasteiger partial charge in [0.25, 0.3) is 0 Å². The molecule has 1 N–H and O–H groups in total. The molecule has 0 bridgehead atoms. The van der Waals surface area contributed by atoms with E-state index in [0.717, 1.165) is 37.0 Å². The van der Waals surface area contributed by atoms with Gasteiger partial charge in [-0.3, -0.25) is 0 Å². The third-order valence-electron chi connectivity index (χ3n) is 2.87. The summed E-state index contributed by atoms with van der Waals surface area (Å²) >= 11 is 0. The number of oxime groups is 1. The van der Waals surface area contributed by atoms with Gasteiger partial charge in [-0.1, -0.05) is 30.3 Å². The topological polar surface area (TPSA) is 32.6 Å². The van der Waals surface area contributed by atoms with Crippen molar-refractivity contribution in [3.63, 3.8) is 0 Å². The summed E-state index contributed by atoms with van der Waals surface area (Å²) < 4.78 is 0. The standard InChI is InChI=1S/C12H15NO/c1-2-9-6-7-11-10(8-9)4-3-5-12(11)13-14/h6-8,14H,2-5H2,1H3. The van der Waals surface area contributed by atoms with Crippen molar-refractivity contribution in [3.8, 4) is 0 Å². The monoisotopic (exact) mass is 189 g/mol. The molecule has 0 atom stereocenters. The molecule has 0 aliphatic heterocycles. The van der Waals surface area contributed by atoms with Crippen molar-refractivity contribution < 1.29 is 5.21 Å². The molecule has 0 unspecified atom stereocenters. The fourth-order valence-corrected chi connectivity index (χ4v) is 2.04. The van der Waals surface area contributed by atoms with Crippen LogP contribution in [0.5, 0.6) is 0 Å². The summed E-state index contributed by atoms with van der Waals surface area (Å²) in [4.78, 5) is 0. The van der Waals surface area contributed by atoms with E-state index in [4.69, 9.17) is 5.21 Å². The van der Waals surface area contributed by atoms with Crippen molar-refractivity contribution in [1.29, 1.82) is 0 Å². The second-order valence-electron chi connectivity index (χ2n) is 3.75. The lowest BCUT2D eigenvalue weighted by Crippen LogP contribution is -2.12. The van der Waals surface area contributed by atoms with Crippen LogP contribution in [0.3, 0.4) is 0 Å². The minimum absolute atomic E-state index is 0.842. The van der Waals surface area contributed by atoms with Gasteiger partial charge in [0.05, 0.1) is 5.71 Å². The Kier molecular flexibility index (Phi) is 2.53. The van der Waals surface area contributed by atoms with Gasteiger partial charge in [-0.2, -0.15) is 0 Å². The molecule has 0 amide bonds. The molecule has 0 fully saturated rings. The van der Waals surface area contributed by atoms with Crippen LogP contribution in [-0.2, 0) is 12.8 Å². The van der Waals surface area contributed by atoms with E-state index in [9.17, 15) is 0 Å². The molecule has 74 valence electrons. The molecule has 14 heavy (non-hydrogen) atoms. The van der Waals surface area contributed by atoms with Crippen molar-refractivity contribution in [2.24, 2.45) is 5.16 Å². The fourth-order valence-electron chi connectivity index (χ4n) is 2.04. The van der Waals surface area contributed by atoms with Gasteiger partial charge >= 0.3 is 0 Å². The molecule has 1 aromatic carbocycles. The Morgan fingerprint density at radius 1 is 1.36 bits per heavy atom. The molecule has 2 heteroatoms. The minimum Gasteiger partial charge on any atom is -0.411 e. The average Bonchev–Trinajstić information content (AvgIpc) is 2.27. The molecular formula is C12H15NO. The highest BCUT2D eigenvalue weighted by atomic mass is 16.4. The van der Waals surface area contributed by atoms with Crippen LogP contribution in [0, 0.1) is 0 Å². The molecule has 2 nitrogen and oxygen atoms in total. The van der Waals surface area contributed by atoms with Crippen molar-refractivity contribution in [1.82, 2.24) is 0 Å². The maximum absolute atomic E-state index is 8.85. The van der Waals surface area contributed by atoms with Gasteiger partial charge in [0, 0.05) is 5.56 Å². The van der Waals surface area contributed by atoms with Gasteiger partial charge in [-0.05, 0) is 36.8 Å². The molecule has 0 heterocycles. The highest BCUT2D eigenvalue weighted by molar-refractivity contribution is 6.02. The summed E-state index contributed by atoms with van der Waals surface area (Å²) in [7, 11) is 0. The van der Waals surface area contributed by atoms with Crippen LogP contribution in [0.15, 0.2) is 23.4 Å². The van der Waals surface area contributed by atoms with Crippen LogP contribution in [0.4, 0.5) is 0 Å². The Morgan fingerprint density at radius 2 is 2.21 bits per heavy atom. The number of nitrogens with zero attached hydrogens (tertiary/aromatic N) is 1. The van der Waals surface area contributed by atoms with E-state index in [1.807, 2.05) is 0 Å². The van der Waals surface area contributed by atoms with Gasteiger partial charge in [-0.15, -0.1) is 0 Å². The lowest BCUT2D eigenvalue weighted by Gasteiger charge is -2.17. The molecule has 0 aromatic heterocycles. The molecule has 0 radical (unpaired) electrons. The first-order chi connectivity index (χ1) is 6.85. The van der Waals surface area contributed by atoms with Crippen molar-refractivity contribution in [2.45, 2.75) is 32.6 Å². The summed E-state index contributed by atoms with van der Waals surface area (Å²) in [6.07, 6.45) is 4.18. The number of hydrogen-bond acceptors (Lipinski definition) is 2. The van der Waals surface area contributed by atoms with Gasteiger partial charge in [0.1, 0.15) is 0 Å². The zero-order chi connectivity index (χ0) is 9.97. The minimum atomic E-state index is 0.842. The average molecular weight is 189 g/mol. The lowest BCUT2D eigenvalue weighted by atomic mass is 9.88. The second-order valence-corrected chi connectivity index (χ2v) is 3.75. The molecule has 1 aliphatic carbocycles. The highest BCUT2D eigenvalue weighted by Gasteiger charge is 2.15. The first-order valence-corrected chi connectivity index (χ1v) is 5.18. The molecule has 0 spiro atoms. The summed E-state index contributed by atoms with van der Waals surface area (Å²) in [6.45, 7) is 2.16. The van der Waals surface area contributed by atoms with Crippen LogP contribution in [0.25, 0.3) is 0 Å². The highest BCUT2D eigenvalue weighted by Crippen LogP contribution is 2.23. The lowest BCUT2D eigenvalue weighted by molar-refractivity contribution is 0.317. The van der Waals surface area contributed by atoms with Crippen LogP contribution in [0.1, 0.15) is 36.5 Å². The van der Waals surface area contributed by atoms with E-state index in [-0.39, 0.29) is 0 Å². The number of rotatable bonds is 1. The largest absolute Gasteiger partial charge is 0.411 e. The van der Waals surface area contributed by atoms with E-state index in [0.29, 0.717) is 0 Å². The normalized spacial score (nSPS) is 18.2. The fraction of sp³-hybridized carbons (Fsp3) is 0.417. The molecular weight excluding hydrogens is 174 g/mol. The summed E-state index contributed by atoms with van der Waals surface area (Å²) in [5.41, 5.74) is 4.68. The van der Waals surface area contributed by atoms with Gasteiger partial charge in [-0.25, -0.2) is 0 Å². The van der Waals surface area contributed by atoms with Crippen LogP contribution in [-0.4, -0.2) is 10.9 Å². The first-order valence-electron chi connectivity index (χ1n) is 5.18. The van der Waals surface area contributed by atoms with Crippen molar-refractivity contribution in [2.75, 3.05) is 0 Å². The van der Waals surface area contributed by atoms with Gasteiger partial charge in [0.2, 0.25) is 0 Å². The molecule has 2 rings (SSSR count). The van der Waals surface area contributed by atoms with Gasteiger partial charge < -0.3 is 5.21 Å². The van der Waals surface area contributed by atoms with Crippen LogP contribution in [0.2, 0.25) is 0 Å². The van der Waals surface area contributed by atoms with E-state index < -0.39 is 0 Å². The Morgan fingerprint density at radius 3 is 2.93 bits per heavy atom. The third kappa shape index (κ3) is 1.52. The number of aryl methyl sites for hydroxylation is 2. The smallest absolute Gasteiger partial charge is 0.0870 e. The third-order valence-corrected chi connectivity index (χ3v) is 2.87. The maximum atomic E-state index is 8.85. The predicted molar refractivity (Wildman–Crippen MR) is 57.1 cm³/mol. The molecule has 0 saturated heterocycles. The molecule has 1 aliphatic rings. The van der Waals surface area contributed by atoms with Gasteiger partial charge in [0.15, 0.2) is 0 Å². The second kappa shape index (κ2) is 3.82. The zero-order valence-electron chi connectivity index (χ0n) is 8.45. The zero-order valence-corrected chi connectivity index (χ0v) is 8.45. The predicted octanol–water partition coefficient (Wildman–Crippen LogP) is 2.76. The maximum Gasteiger partial charge on any atom is 0.0870 e. The van der Waals surface area contributed by atoms with E-state index in [2.05, 4.69) is 30.3 Å². The molecule has 1 aromatic rings. The Balaban J connectivity index is 2.46.